The van der Waals surface area contributed by atoms with Gasteiger partial charge in [0.15, 0.2) is 5.96 Å². The van der Waals surface area contributed by atoms with Gasteiger partial charge in [-0.1, -0.05) is 26.0 Å². The Morgan fingerprint density at radius 3 is 2.65 bits per heavy atom. The van der Waals surface area contributed by atoms with Gasteiger partial charge in [0.25, 0.3) is 0 Å². The second-order valence-corrected chi connectivity index (χ2v) is 7.99. The molecule has 1 aliphatic rings. The van der Waals surface area contributed by atoms with E-state index in [1.165, 1.54) is 6.07 Å². The highest BCUT2D eigenvalue weighted by molar-refractivity contribution is 14.0. The second-order valence-electron chi connectivity index (χ2n) is 6.43. The van der Waals surface area contributed by atoms with E-state index in [1.807, 2.05) is 6.07 Å². The molecular formula is C15H25IN4O2S. The highest BCUT2D eigenvalue weighted by Crippen LogP contribution is 2.28. The lowest BCUT2D eigenvalue weighted by molar-refractivity contribution is 0.370. The Balaban J connectivity index is 0.00000264. The first kappa shape index (κ1) is 20.2. The summed E-state index contributed by atoms with van der Waals surface area (Å²) < 4.78 is 22.8. The highest BCUT2D eigenvalue weighted by atomic mass is 127. The fourth-order valence-corrected chi connectivity index (χ4v) is 3.22. The smallest absolute Gasteiger partial charge is 0.238 e. The number of nitrogens with two attached hydrogens (primary N) is 1. The number of rotatable bonds is 3. The SMILES string of the molecule is CN=C(NCc1cccc(S(N)(=O)=O)c1)N1CCC(C)(C)C1.I. The van der Waals surface area contributed by atoms with Crippen LogP contribution in [0.25, 0.3) is 0 Å². The molecule has 0 unspecified atom stereocenters. The maximum Gasteiger partial charge on any atom is 0.238 e. The number of guanidine groups is 1. The standard InChI is InChI=1S/C15H24N4O2S.HI/c1-15(2)7-8-19(11-15)14(17-3)18-10-12-5-4-6-13(9-12)22(16,20)21;/h4-6,9H,7-8,10-11H2,1-3H3,(H,17,18)(H2,16,20,21);1H. The first-order valence-electron chi connectivity index (χ1n) is 7.29. The molecule has 8 heteroatoms. The molecule has 0 amide bonds. The van der Waals surface area contributed by atoms with Crippen molar-refractivity contribution in [2.75, 3.05) is 20.1 Å². The van der Waals surface area contributed by atoms with E-state index in [9.17, 15) is 8.42 Å². The van der Waals surface area contributed by atoms with E-state index in [0.29, 0.717) is 12.0 Å². The van der Waals surface area contributed by atoms with E-state index in [2.05, 4.69) is 29.1 Å². The molecule has 1 heterocycles. The van der Waals surface area contributed by atoms with Gasteiger partial charge in [0.05, 0.1) is 4.90 Å². The minimum absolute atomic E-state index is 0. The molecule has 2 rings (SSSR count). The third-order valence-electron chi connectivity index (χ3n) is 3.87. The molecular weight excluding hydrogens is 427 g/mol. The zero-order valence-corrected chi connectivity index (χ0v) is 16.9. The van der Waals surface area contributed by atoms with Crippen LogP contribution in [0.15, 0.2) is 34.2 Å². The predicted molar refractivity (Wildman–Crippen MR) is 103 cm³/mol. The summed E-state index contributed by atoms with van der Waals surface area (Å²) in [6.07, 6.45) is 1.13. The van der Waals surface area contributed by atoms with E-state index in [-0.39, 0.29) is 28.9 Å². The average Bonchev–Trinajstić information content (AvgIpc) is 2.79. The maximum atomic E-state index is 11.4. The Kier molecular flexibility index (Phi) is 6.84. The van der Waals surface area contributed by atoms with Crippen LogP contribution in [0.3, 0.4) is 0 Å². The number of primary sulfonamides is 1. The first-order valence-corrected chi connectivity index (χ1v) is 8.83. The predicted octanol–water partition coefficient (Wildman–Crippen LogP) is 1.76. The lowest BCUT2D eigenvalue weighted by atomic mass is 9.93. The molecule has 0 spiro atoms. The van der Waals surface area contributed by atoms with E-state index >= 15 is 0 Å². The lowest BCUT2D eigenvalue weighted by Crippen LogP contribution is -2.40. The Bertz CT molecular complexity index is 674. The summed E-state index contributed by atoms with van der Waals surface area (Å²) in [7, 11) is -1.91. The van der Waals surface area contributed by atoms with Crippen molar-refractivity contribution in [1.82, 2.24) is 10.2 Å². The third-order valence-corrected chi connectivity index (χ3v) is 4.78. The van der Waals surface area contributed by atoms with Gasteiger partial charge in [-0.25, -0.2) is 13.6 Å². The van der Waals surface area contributed by atoms with Gasteiger partial charge in [-0.15, -0.1) is 24.0 Å². The van der Waals surface area contributed by atoms with Crippen LogP contribution in [0.4, 0.5) is 0 Å². The van der Waals surface area contributed by atoms with E-state index in [0.717, 1.165) is 31.0 Å². The summed E-state index contributed by atoms with van der Waals surface area (Å²) in [5, 5.41) is 8.44. The molecule has 1 aliphatic heterocycles. The van der Waals surface area contributed by atoms with Crippen molar-refractivity contribution in [2.45, 2.75) is 31.7 Å². The molecule has 23 heavy (non-hydrogen) atoms. The molecule has 6 nitrogen and oxygen atoms in total. The van der Waals surface area contributed by atoms with Gasteiger partial charge < -0.3 is 10.2 Å². The van der Waals surface area contributed by atoms with Crippen molar-refractivity contribution in [3.8, 4) is 0 Å². The van der Waals surface area contributed by atoms with Crippen molar-refractivity contribution in [3.63, 3.8) is 0 Å². The van der Waals surface area contributed by atoms with Crippen LogP contribution in [0.2, 0.25) is 0 Å². The molecule has 0 bridgehead atoms. The number of benzene rings is 1. The number of likely N-dealkylation sites (tertiary alicyclic amines) is 1. The van der Waals surface area contributed by atoms with Crippen LogP contribution in [-0.2, 0) is 16.6 Å². The Morgan fingerprint density at radius 1 is 1.43 bits per heavy atom. The zero-order valence-electron chi connectivity index (χ0n) is 13.7. The molecule has 0 saturated carbocycles. The molecule has 1 fully saturated rings. The molecule has 130 valence electrons. The number of aliphatic imine (C=N–C) groups is 1. The van der Waals surface area contributed by atoms with Crippen LogP contribution >= 0.6 is 24.0 Å². The van der Waals surface area contributed by atoms with E-state index in [1.54, 1.807) is 19.2 Å². The van der Waals surface area contributed by atoms with Crippen molar-refractivity contribution in [3.05, 3.63) is 29.8 Å². The van der Waals surface area contributed by atoms with Crippen LogP contribution in [0, 0.1) is 5.41 Å². The van der Waals surface area contributed by atoms with Crippen LogP contribution in [0.1, 0.15) is 25.8 Å². The maximum absolute atomic E-state index is 11.4. The first-order chi connectivity index (χ1) is 10.2. The lowest BCUT2D eigenvalue weighted by Gasteiger charge is -2.23. The van der Waals surface area contributed by atoms with Gasteiger partial charge in [-0.3, -0.25) is 4.99 Å². The summed E-state index contributed by atoms with van der Waals surface area (Å²) in [4.78, 5) is 6.66. The molecule has 0 aromatic heterocycles. The number of halogens is 1. The van der Waals surface area contributed by atoms with E-state index < -0.39 is 10.0 Å². The van der Waals surface area contributed by atoms with Crippen LogP contribution in [0.5, 0.6) is 0 Å². The van der Waals surface area contributed by atoms with Crippen molar-refractivity contribution in [1.29, 1.82) is 0 Å². The quantitative estimate of drug-likeness (QED) is 0.416. The summed E-state index contributed by atoms with van der Waals surface area (Å²) >= 11 is 0. The summed E-state index contributed by atoms with van der Waals surface area (Å²) in [6.45, 7) is 6.94. The minimum Gasteiger partial charge on any atom is -0.352 e. The van der Waals surface area contributed by atoms with Gasteiger partial charge in [0, 0.05) is 26.7 Å². The fourth-order valence-electron chi connectivity index (χ4n) is 2.64. The third kappa shape index (κ3) is 5.61. The molecule has 0 radical (unpaired) electrons. The Morgan fingerprint density at radius 2 is 2.13 bits per heavy atom. The molecule has 1 aromatic rings. The van der Waals surface area contributed by atoms with Gasteiger partial charge in [-0.2, -0.15) is 0 Å². The van der Waals surface area contributed by atoms with E-state index in [4.69, 9.17) is 5.14 Å². The number of sulfonamides is 1. The molecule has 1 aromatic carbocycles. The van der Waals surface area contributed by atoms with Gasteiger partial charge in [-0.05, 0) is 29.5 Å². The number of nitrogens with one attached hydrogen (secondary N) is 1. The van der Waals surface area contributed by atoms with Crippen molar-refractivity contribution >= 4 is 40.0 Å². The minimum atomic E-state index is -3.67. The summed E-state index contributed by atoms with van der Waals surface area (Å²) in [6, 6.07) is 6.64. The highest BCUT2D eigenvalue weighted by Gasteiger charge is 2.30. The normalized spacial score (nSPS) is 17.7. The monoisotopic (exact) mass is 452 g/mol. The zero-order chi connectivity index (χ0) is 16.4. The molecule has 0 aliphatic carbocycles. The molecule has 1 saturated heterocycles. The van der Waals surface area contributed by atoms with Crippen LogP contribution in [-0.4, -0.2) is 39.4 Å². The van der Waals surface area contributed by atoms with Crippen molar-refractivity contribution in [2.24, 2.45) is 15.5 Å². The second kappa shape index (κ2) is 7.80. The Labute approximate surface area is 155 Å². The number of hydrogen-bond donors (Lipinski definition) is 2. The largest absolute Gasteiger partial charge is 0.352 e. The molecule has 0 atom stereocenters. The van der Waals surface area contributed by atoms with Gasteiger partial charge in [0.2, 0.25) is 10.0 Å². The van der Waals surface area contributed by atoms with Crippen LogP contribution < -0.4 is 10.5 Å². The van der Waals surface area contributed by atoms with Gasteiger partial charge in [0.1, 0.15) is 0 Å². The topological polar surface area (TPSA) is 87.8 Å². The molecule has 3 N–H and O–H groups in total. The van der Waals surface area contributed by atoms with Gasteiger partial charge >= 0.3 is 0 Å². The number of hydrogen-bond acceptors (Lipinski definition) is 3. The Hall–Kier alpha value is -0.870. The van der Waals surface area contributed by atoms with Crippen molar-refractivity contribution < 1.29 is 8.42 Å². The summed E-state index contributed by atoms with van der Waals surface area (Å²) in [5.41, 5.74) is 1.15. The fraction of sp³-hybridized carbons (Fsp3) is 0.533. The summed E-state index contributed by atoms with van der Waals surface area (Å²) in [5.74, 6) is 0.839. The average molecular weight is 452 g/mol. The number of nitrogens with zero attached hydrogens (tertiary/aromatic N) is 2.